The van der Waals surface area contributed by atoms with Gasteiger partial charge < -0.3 is 19.5 Å². The molecule has 1 saturated heterocycles. The monoisotopic (exact) mass is 575 g/mol. The molecule has 0 spiro atoms. The van der Waals surface area contributed by atoms with E-state index in [9.17, 15) is 8.42 Å². The molecule has 0 unspecified atom stereocenters. The van der Waals surface area contributed by atoms with Gasteiger partial charge in [0.1, 0.15) is 5.75 Å². The molecule has 0 bridgehead atoms. The van der Waals surface area contributed by atoms with E-state index in [2.05, 4.69) is 76.5 Å². The Kier molecular flexibility index (Phi) is 7.32. The smallest absolute Gasteiger partial charge is 0.229 e. The summed E-state index contributed by atoms with van der Waals surface area (Å²) in [6, 6.07) is 19.5. The molecule has 8 nitrogen and oxygen atoms in total. The number of benzene rings is 2. The minimum atomic E-state index is -3.48. The molecular formula is C30H33N5O3S2. The third-order valence-corrected chi connectivity index (χ3v) is 8.16. The Morgan fingerprint density at radius 2 is 1.80 bits per heavy atom. The summed E-state index contributed by atoms with van der Waals surface area (Å²) in [5.74, 6) is 0.395. The number of methoxy groups -OCH3 is 1. The van der Waals surface area contributed by atoms with Crippen LogP contribution >= 0.6 is 12.2 Å². The van der Waals surface area contributed by atoms with E-state index in [-0.39, 0.29) is 12.1 Å². The van der Waals surface area contributed by atoms with Crippen LogP contribution in [0.1, 0.15) is 45.9 Å². The molecule has 10 heteroatoms. The topological polar surface area (TPSA) is 88.5 Å². The average Bonchev–Trinajstić information content (AvgIpc) is 3.40. The highest BCUT2D eigenvalue weighted by atomic mass is 32.2. The van der Waals surface area contributed by atoms with Gasteiger partial charge in [-0.3, -0.25) is 9.71 Å². The van der Waals surface area contributed by atoms with Gasteiger partial charge in [0.05, 0.1) is 36.8 Å². The molecule has 0 amide bonds. The number of aromatic nitrogens is 2. The van der Waals surface area contributed by atoms with Crippen molar-refractivity contribution in [3.05, 3.63) is 101 Å². The minimum Gasteiger partial charge on any atom is -0.494 e. The first-order chi connectivity index (χ1) is 19.0. The summed E-state index contributed by atoms with van der Waals surface area (Å²) in [7, 11) is -1.97. The van der Waals surface area contributed by atoms with Gasteiger partial charge in [-0.15, -0.1) is 0 Å². The van der Waals surface area contributed by atoms with Crippen molar-refractivity contribution in [3.8, 4) is 11.4 Å². The third kappa shape index (κ3) is 5.16. The van der Waals surface area contributed by atoms with Crippen LogP contribution in [0.4, 0.5) is 11.4 Å². The maximum atomic E-state index is 11.9. The molecule has 208 valence electrons. The predicted molar refractivity (Wildman–Crippen MR) is 164 cm³/mol. The number of thiocarbonyl (C=S) groups is 1. The van der Waals surface area contributed by atoms with E-state index in [1.54, 1.807) is 18.3 Å². The molecule has 3 heterocycles. The fourth-order valence-electron chi connectivity index (χ4n) is 5.48. The van der Waals surface area contributed by atoms with Gasteiger partial charge >= 0.3 is 0 Å². The van der Waals surface area contributed by atoms with Crippen molar-refractivity contribution in [3.63, 3.8) is 0 Å². The van der Waals surface area contributed by atoms with Crippen LogP contribution in [-0.2, 0) is 10.0 Å². The lowest BCUT2D eigenvalue weighted by Gasteiger charge is -2.29. The number of sulfonamides is 1. The van der Waals surface area contributed by atoms with Crippen molar-refractivity contribution >= 4 is 38.7 Å². The predicted octanol–water partition coefficient (Wildman–Crippen LogP) is 5.66. The van der Waals surface area contributed by atoms with Crippen molar-refractivity contribution in [1.29, 1.82) is 0 Å². The first kappa shape index (κ1) is 27.7. The van der Waals surface area contributed by atoms with Gasteiger partial charge in [-0.2, -0.15) is 0 Å². The second-order valence-electron chi connectivity index (χ2n) is 10.2. The number of rotatable bonds is 7. The van der Waals surface area contributed by atoms with Crippen LogP contribution in [0.2, 0.25) is 0 Å². The quantitative estimate of drug-likeness (QED) is 0.275. The molecule has 0 aliphatic carbocycles. The second kappa shape index (κ2) is 10.6. The van der Waals surface area contributed by atoms with Crippen LogP contribution in [0, 0.1) is 27.7 Å². The lowest BCUT2D eigenvalue weighted by atomic mass is 9.96. The van der Waals surface area contributed by atoms with Gasteiger partial charge in [-0.25, -0.2) is 8.42 Å². The summed E-state index contributed by atoms with van der Waals surface area (Å²) >= 11 is 5.92. The van der Waals surface area contributed by atoms with Gasteiger partial charge in [0.15, 0.2) is 5.11 Å². The fourth-order valence-corrected chi connectivity index (χ4v) is 6.39. The molecule has 1 fully saturated rings. The Morgan fingerprint density at radius 1 is 1.02 bits per heavy atom. The van der Waals surface area contributed by atoms with Crippen LogP contribution in [0.25, 0.3) is 5.69 Å². The normalized spacial score (nSPS) is 17.1. The van der Waals surface area contributed by atoms with Crippen LogP contribution < -0.4 is 19.7 Å². The molecule has 40 heavy (non-hydrogen) atoms. The van der Waals surface area contributed by atoms with Crippen molar-refractivity contribution in [2.24, 2.45) is 0 Å². The van der Waals surface area contributed by atoms with Crippen molar-refractivity contribution in [2.45, 2.75) is 39.8 Å². The number of hydrogen-bond donors (Lipinski definition) is 2. The van der Waals surface area contributed by atoms with Crippen LogP contribution in [0.3, 0.4) is 0 Å². The number of pyridine rings is 1. The van der Waals surface area contributed by atoms with E-state index < -0.39 is 10.0 Å². The summed E-state index contributed by atoms with van der Waals surface area (Å²) < 4.78 is 34.2. The maximum Gasteiger partial charge on any atom is 0.229 e. The van der Waals surface area contributed by atoms with Gasteiger partial charge in [0.25, 0.3) is 0 Å². The second-order valence-corrected chi connectivity index (χ2v) is 12.3. The molecule has 4 aromatic rings. The molecule has 5 rings (SSSR count). The van der Waals surface area contributed by atoms with Gasteiger partial charge in [-0.1, -0.05) is 18.2 Å². The van der Waals surface area contributed by atoms with E-state index in [0.717, 1.165) is 40.3 Å². The first-order valence-corrected chi connectivity index (χ1v) is 15.2. The Balaban J connectivity index is 1.68. The third-order valence-electron chi connectivity index (χ3n) is 7.25. The molecule has 2 aromatic heterocycles. The Hall–Kier alpha value is -3.89. The molecule has 1 aliphatic heterocycles. The van der Waals surface area contributed by atoms with Crippen LogP contribution in [-0.4, -0.2) is 36.4 Å². The van der Waals surface area contributed by atoms with E-state index in [4.69, 9.17) is 17.0 Å². The molecule has 1 aliphatic rings. The molecule has 0 radical (unpaired) electrons. The number of ether oxygens (including phenoxy) is 1. The molecular weight excluding hydrogens is 542 g/mol. The standard InChI is InChI=1S/C30H33N5O3S2/c1-18-10-11-19(2)26(15-18)34-20(3)16-23(21(34)4)29-28(25-9-7-8-14-31-25)32-30(39)35(29)22-12-13-24(27(17-22)38-5)33-40(6,36)37/h7-17,28-29,33H,1-6H3,(H,32,39)/t28-,29+/m1/s1. The Morgan fingerprint density at radius 3 is 2.48 bits per heavy atom. The lowest BCUT2D eigenvalue weighted by molar-refractivity contribution is 0.417. The number of aryl methyl sites for hydroxylation is 3. The zero-order valence-electron chi connectivity index (χ0n) is 23.4. The maximum absolute atomic E-state index is 11.9. The van der Waals surface area contributed by atoms with E-state index >= 15 is 0 Å². The van der Waals surface area contributed by atoms with E-state index in [1.165, 1.54) is 18.2 Å². The van der Waals surface area contributed by atoms with Crippen LogP contribution in [0.5, 0.6) is 5.75 Å². The molecule has 2 N–H and O–H groups in total. The highest BCUT2D eigenvalue weighted by molar-refractivity contribution is 7.92. The lowest BCUT2D eigenvalue weighted by Crippen LogP contribution is -2.29. The first-order valence-electron chi connectivity index (χ1n) is 12.9. The van der Waals surface area contributed by atoms with Gasteiger partial charge in [0, 0.05) is 35.0 Å². The van der Waals surface area contributed by atoms with Crippen molar-refractivity contribution in [1.82, 2.24) is 14.9 Å². The number of anilines is 2. The highest BCUT2D eigenvalue weighted by Crippen LogP contribution is 2.45. The summed E-state index contributed by atoms with van der Waals surface area (Å²) in [5, 5.41) is 4.05. The Labute approximate surface area is 241 Å². The summed E-state index contributed by atoms with van der Waals surface area (Å²) in [4.78, 5) is 6.74. The average molecular weight is 576 g/mol. The van der Waals surface area contributed by atoms with E-state index in [0.29, 0.717) is 16.5 Å². The molecule has 2 aromatic carbocycles. The fraction of sp³-hybridized carbons (Fsp3) is 0.267. The van der Waals surface area contributed by atoms with Crippen molar-refractivity contribution in [2.75, 3.05) is 23.0 Å². The van der Waals surface area contributed by atoms with Crippen LogP contribution in [0.15, 0.2) is 66.9 Å². The SMILES string of the molecule is COc1cc(N2C(=S)N[C@H](c3ccccn3)[C@@H]2c2cc(C)n(-c3cc(C)ccc3C)c2C)ccc1NS(C)(=O)=O. The zero-order valence-corrected chi connectivity index (χ0v) is 25.0. The molecule has 0 saturated carbocycles. The number of nitrogens with one attached hydrogen (secondary N) is 2. The van der Waals surface area contributed by atoms with Crippen molar-refractivity contribution < 1.29 is 13.2 Å². The van der Waals surface area contributed by atoms with Gasteiger partial charge in [-0.05, 0) is 93.0 Å². The summed E-state index contributed by atoms with van der Waals surface area (Å²) in [6.45, 7) is 8.49. The molecule has 2 atom stereocenters. The highest BCUT2D eigenvalue weighted by Gasteiger charge is 2.42. The number of hydrogen-bond acceptors (Lipinski definition) is 5. The Bertz CT molecular complexity index is 1700. The van der Waals surface area contributed by atoms with E-state index in [1.807, 2.05) is 24.3 Å². The minimum absolute atomic E-state index is 0.221. The summed E-state index contributed by atoms with van der Waals surface area (Å²) in [6.07, 6.45) is 2.90. The summed E-state index contributed by atoms with van der Waals surface area (Å²) in [5.41, 5.74) is 8.87. The zero-order chi connectivity index (χ0) is 28.8. The number of nitrogens with zero attached hydrogens (tertiary/aromatic N) is 3. The largest absolute Gasteiger partial charge is 0.494 e. The van der Waals surface area contributed by atoms with Gasteiger partial charge in [0.2, 0.25) is 10.0 Å².